The molecule has 0 spiro atoms. The van der Waals surface area contributed by atoms with Gasteiger partial charge < -0.3 is 10.1 Å². The van der Waals surface area contributed by atoms with Crippen LogP contribution in [0.4, 0.5) is 0 Å². The predicted molar refractivity (Wildman–Crippen MR) is 116 cm³/mol. The van der Waals surface area contributed by atoms with Gasteiger partial charge in [-0.05, 0) is 74.4 Å². The molecule has 4 heteroatoms. The number of hydrogen-bond acceptors (Lipinski definition) is 3. The molecule has 1 amide bonds. The molecule has 0 bridgehead atoms. The first-order chi connectivity index (χ1) is 14.3. The average Bonchev–Trinajstić information content (AvgIpc) is 3.28. The molecule has 0 saturated carbocycles. The van der Waals surface area contributed by atoms with Crippen LogP contribution in [0.2, 0.25) is 0 Å². The van der Waals surface area contributed by atoms with E-state index >= 15 is 0 Å². The first kappa shape index (κ1) is 20.1. The van der Waals surface area contributed by atoms with E-state index in [1.54, 1.807) is 0 Å². The van der Waals surface area contributed by atoms with E-state index in [4.69, 9.17) is 4.74 Å². The summed E-state index contributed by atoms with van der Waals surface area (Å²) in [7, 11) is 0. The Balaban J connectivity index is 1.24. The van der Waals surface area contributed by atoms with Crippen LogP contribution in [0.15, 0.2) is 54.6 Å². The Kier molecular flexibility index (Phi) is 6.96. The molecule has 29 heavy (non-hydrogen) atoms. The average molecular weight is 393 g/mol. The molecule has 0 aliphatic carbocycles. The number of nitrogens with one attached hydrogen (secondary N) is 1. The SMILES string of the molecule is O=C(NCC1CCCO1)c1cccc(CN2CCC(Cc3ccccc3)CC2)c1. The lowest BCUT2D eigenvalue weighted by Crippen LogP contribution is -2.34. The number of rotatable bonds is 7. The molecule has 4 rings (SSSR count). The number of hydrogen-bond donors (Lipinski definition) is 1. The number of carbonyl (C=O) groups excluding carboxylic acids is 1. The third-order valence-corrected chi connectivity index (χ3v) is 6.18. The van der Waals surface area contributed by atoms with Gasteiger partial charge in [0.1, 0.15) is 0 Å². The van der Waals surface area contributed by atoms with Crippen molar-refractivity contribution in [3.8, 4) is 0 Å². The number of amides is 1. The van der Waals surface area contributed by atoms with E-state index in [1.165, 1.54) is 30.4 Å². The summed E-state index contributed by atoms with van der Waals surface area (Å²) >= 11 is 0. The van der Waals surface area contributed by atoms with E-state index in [0.29, 0.717) is 6.54 Å². The number of nitrogens with zero attached hydrogens (tertiary/aromatic N) is 1. The number of piperidine rings is 1. The minimum atomic E-state index is 0.00363. The van der Waals surface area contributed by atoms with Crippen LogP contribution in [0.3, 0.4) is 0 Å². The van der Waals surface area contributed by atoms with Gasteiger partial charge >= 0.3 is 0 Å². The predicted octanol–water partition coefficient (Wildman–Crippen LogP) is 4.05. The van der Waals surface area contributed by atoms with Gasteiger partial charge in [-0.1, -0.05) is 42.5 Å². The molecule has 1 N–H and O–H groups in total. The maximum atomic E-state index is 12.5. The van der Waals surface area contributed by atoms with E-state index in [9.17, 15) is 4.79 Å². The molecule has 2 saturated heterocycles. The molecule has 2 heterocycles. The highest BCUT2D eigenvalue weighted by Gasteiger charge is 2.20. The fourth-order valence-corrected chi connectivity index (χ4v) is 4.48. The van der Waals surface area contributed by atoms with Gasteiger partial charge in [0.05, 0.1) is 6.10 Å². The van der Waals surface area contributed by atoms with Crippen LogP contribution in [0.1, 0.15) is 47.2 Å². The summed E-state index contributed by atoms with van der Waals surface area (Å²) in [5, 5.41) is 3.02. The van der Waals surface area contributed by atoms with Gasteiger partial charge in [-0.3, -0.25) is 9.69 Å². The van der Waals surface area contributed by atoms with Crippen molar-refractivity contribution < 1.29 is 9.53 Å². The summed E-state index contributed by atoms with van der Waals surface area (Å²) in [6.07, 6.45) is 6.00. The highest BCUT2D eigenvalue weighted by atomic mass is 16.5. The van der Waals surface area contributed by atoms with Crippen molar-refractivity contribution in [1.29, 1.82) is 0 Å². The first-order valence-electron chi connectivity index (χ1n) is 11.0. The zero-order chi connectivity index (χ0) is 19.9. The molecule has 2 aromatic rings. The number of likely N-dealkylation sites (tertiary alicyclic amines) is 1. The number of ether oxygens (including phenoxy) is 1. The van der Waals surface area contributed by atoms with Gasteiger partial charge in [0.15, 0.2) is 0 Å². The molecule has 4 nitrogen and oxygen atoms in total. The number of carbonyl (C=O) groups is 1. The normalized spacial score (nSPS) is 20.6. The fourth-order valence-electron chi connectivity index (χ4n) is 4.48. The van der Waals surface area contributed by atoms with Crippen LogP contribution in [0.5, 0.6) is 0 Å². The van der Waals surface area contributed by atoms with Crippen molar-refractivity contribution in [2.24, 2.45) is 5.92 Å². The summed E-state index contributed by atoms with van der Waals surface area (Å²) in [5.74, 6) is 0.785. The molecule has 2 fully saturated rings. The van der Waals surface area contributed by atoms with Crippen molar-refractivity contribution in [2.75, 3.05) is 26.2 Å². The Morgan fingerprint density at radius 3 is 2.55 bits per heavy atom. The maximum absolute atomic E-state index is 12.5. The van der Waals surface area contributed by atoms with Gasteiger partial charge in [0, 0.05) is 25.3 Å². The lowest BCUT2D eigenvalue weighted by atomic mass is 9.90. The molecular weight excluding hydrogens is 360 g/mol. The van der Waals surface area contributed by atoms with Crippen molar-refractivity contribution in [3.63, 3.8) is 0 Å². The quantitative estimate of drug-likeness (QED) is 0.773. The summed E-state index contributed by atoms with van der Waals surface area (Å²) in [6, 6.07) is 18.9. The monoisotopic (exact) mass is 392 g/mol. The van der Waals surface area contributed by atoms with Crippen LogP contribution in [-0.2, 0) is 17.7 Å². The molecule has 154 valence electrons. The van der Waals surface area contributed by atoms with Crippen LogP contribution in [-0.4, -0.2) is 43.2 Å². The molecule has 1 atom stereocenters. The highest BCUT2D eigenvalue weighted by molar-refractivity contribution is 5.94. The highest BCUT2D eigenvalue weighted by Crippen LogP contribution is 2.23. The topological polar surface area (TPSA) is 41.6 Å². The molecular formula is C25H32N2O2. The zero-order valence-electron chi connectivity index (χ0n) is 17.2. The van der Waals surface area contributed by atoms with Gasteiger partial charge in [-0.25, -0.2) is 0 Å². The van der Waals surface area contributed by atoms with E-state index in [2.05, 4.69) is 46.6 Å². The van der Waals surface area contributed by atoms with E-state index in [-0.39, 0.29) is 12.0 Å². The van der Waals surface area contributed by atoms with Gasteiger partial charge in [0.25, 0.3) is 5.91 Å². The standard InChI is InChI=1S/C25H32N2O2/c28-25(26-18-24-10-5-15-29-24)23-9-4-8-22(17-23)19-27-13-11-21(12-14-27)16-20-6-2-1-3-7-20/h1-4,6-9,17,21,24H,5,10-16,18-19H2,(H,26,28). The van der Waals surface area contributed by atoms with Crippen molar-refractivity contribution in [2.45, 2.75) is 44.8 Å². The van der Waals surface area contributed by atoms with Crippen LogP contribution in [0.25, 0.3) is 0 Å². The van der Waals surface area contributed by atoms with Crippen molar-refractivity contribution in [1.82, 2.24) is 10.2 Å². The minimum absolute atomic E-state index is 0.00363. The molecule has 0 aromatic heterocycles. The Hall–Kier alpha value is -2.17. The van der Waals surface area contributed by atoms with Gasteiger partial charge in [-0.2, -0.15) is 0 Å². The summed E-state index contributed by atoms with van der Waals surface area (Å²) in [4.78, 5) is 15.0. The van der Waals surface area contributed by atoms with Gasteiger partial charge in [-0.15, -0.1) is 0 Å². The molecule has 0 radical (unpaired) electrons. The lowest BCUT2D eigenvalue weighted by molar-refractivity contribution is 0.0857. The lowest BCUT2D eigenvalue weighted by Gasteiger charge is -2.32. The number of benzene rings is 2. The third-order valence-electron chi connectivity index (χ3n) is 6.18. The minimum Gasteiger partial charge on any atom is -0.376 e. The maximum Gasteiger partial charge on any atom is 0.251 e. The van der Waals surface area contributed by atoms with E-state index in [0.717, 1.165) is 50.6 Å². The Labute approximate surface area is 174 Å². The van der Waals surface area contributed by atoms with Crippen molar-refractivity contribution >= 4 is 5.91 Å². The smallest absolute Gasteiger partial charge is 0.251 e. The summed E-state index contributed by atoms with van der Waals surface area (Å²) in [5.41, 5.74) is 3.42. The fraction of sp³-hybridized carbons (Fsp3) is 0.480. The second-order valence-corrected chi connectivity index (χ2v) is 8.45. The Bertz CT molecular complexity index is 778. The van der Waals surface area contributed by atoms with Crippen LogP contribution in [0, 0.1) is 5.92 Å². The Morgan fingerprint density at radius 2 is 1.79 bits per heavy atom. The van der Waals surface area contributed by atoms with Gasteiger partial charge in [0.2, 0.25) is 0 Å². The third kappa shape index (κ3) is 5.91. The van der Waals surface area contributed by atoms with Crippen LogP contribution >= 0.6 is 0 Å². The second-order valence-electron chi connectivity index (χ2n) is 8.45. The first-order valence-corrected chi connectivity index (χ1v) is 11.0. The Morgan fingerprint density at radius 1 is 1.00 bits per heavy atom. The van der Waals surface area contributed by atoms with Crippen LogP contribution < -0.4 is 5.32 Å². The molecule has 2 aliphatic rings. The zero-order valence-corrected chi connectivity index (χ0v) is 17.2. The van der Waals surface area contributed by atoms with E-state index < -0.39 is 0 Å². The molecule has 1 unspecified atom stereocenters. The largest absolute Gasteiger partial charge is 0.376 e. The molecule has 2 aromatic carbocycles. The molecule has 2 aliphatic heterocycles. The summed E-state index contributed by atoms with van der Waals surface area (Å²) < 4.78 is 5.59. The summed E-state index contributed by atoms with van der Waals surface area (Å²) in [6.45, 7) is 4.61. The van der Waals surface area contributed by atoms with E-state index in [1.807, 2.05) is 18.2 Å². The van der Waals surface area contributed by atoms with Crippen molar-refractivity contribution in [3.05, 3.63) is 71.3 Å². The second kappa shape index (κ2) is 10.0.